The van der Waals surface area contributed by atoms with Gasteiger partial charge in [-0.1, -0.05) is 121 Å². The molecule has 1 heterocycles. The van der Waals surface area contributed by atoms with Gasteiger partial charge in [-0.25, -0.2) is 9.78 Å². The molecule has 3 aromatic carbocycles. The molecule has 1 aromatic heterocycles. The molecule has 11 atom stereocenters. The summed E-state index contributed by atoms with van der Waals surface area (Å²) in [5, 5.41) is 51.5. The molecule has 23 nitrogen and oxygen atoms in total. The van der Waals surface area contributed by atoms with Gasteiger partial charge >= 0.3 is 5.97 Å². The highest BCUT2D eigenvalue weighted by molar-refractivity contribution is 5.98. The quantitative estimate of drug-likeness (QED) is 0.0332. The summed E-state index contributed by atoms with van der Waals surface area (Å²) in [5.74, 6) is -8.96. The highest BCUT2D eigenvalue weighted by Crippen LogP contribution is 2.16. The molecular weight excluding hydrogens is 1030 g/mol. The Morgan fingerprint density at radius 3 is 1.46 bits per heavy atom. The molecule has 80 heavy (non-hydrogen) atoms. The summed E-state index contributed by atoms with van der Waals surface area (Å²) in [5.41, 5.74) is 8.61. The average molecular weight is 1110 g/mol. The zero-order valence-electron chi connectivity index (χ0n) is 46.5. The minimum Gasteiger partial charge on any atom is -0.508 e. The number of H-pyrrole nitrogens is 1. The number of benzene rings is 3. The number of amides is 8. The first-order valence-corrected chi connectivity index (χ1v) is 26.8. The lowest BCUT2D eigenvalue weighted by Gasteiger charge is -2.29. The van der Waals surface area contributed by atoms with Crippen molar-refractivity contribution in [3.63, 3.8) is 0 Å². The van der Waals surface area contributed by atoms with Crippen LogP contribution in [0.25, 0.3) is 0 Å². The number of phenolic OH excluding ortho intramolecular Hbond substituents is 1. The number of imidazole rings is 1. The molecule has 0 aliphatic rings. The third kappa shape index (κ3) is 20.6. The summed E-state index contributed by atoms with van der Waals surface area (Å²) in [6.45, 7) is 12.9. The predicted molar refractivity (Wildman–Crippen MR) is 297 cm³/mol. The Morgan fingerprint density at radius 1 is 0.525 bits per heavy atom. The van der Waals surface area contributed by atoms with E-state index in [1.54, 1.807) is 58.0 Å². The molecule has 4 aromatic rings. The molecule has 0 aliphatic carbocycles. The Hall–Kier alpha value is -8.18. The van der Waals surface area contributed by atoms with E-state index in [9.17, 15) is 58.5 Å². The first kappa shape index (κ1) is 64.3. The molecule has 434 valence electrons. The zero-order chi connectivity index (χ0) is 59.2. The fourth-order valence-electron chi connectivity index (χ4n) is 8.49. The Morgan fingerprint density at radius 2 is 0.975 bits per heavy atom. The number of hydrogen-bond donors (Lipinski definition) is 13. The summed E-state index contributed by atoms with van der Waals surface area (Å²) in [7, 11) is 0. The molecule has 0 fully saturated rings. The standard InChI is InChI=1S/C57H79N11O12/c1-9-33(6)47(55(77)66-46(32(4)5)57(79)80)67-53(75)44(27-38-20-22-40(70)23-21-38)62-49(71)34(7)61-56(78)48(35(8)69)68-54(76)45(28-39-29-59-30-60-39)65-52(74)43(26-37-18-14-11-15-19-37)64-51(73)42(24-31(2)3)63-50(72)41(58)25-36-16-12-10-13-17-36/h10-23,29-35,41-48,69-70H,9,24-28,58H2,1-8H3,(H,59,60)(H,61,78)(H,62,71)(H,63,72)(H,64,73)(H,65,74)(H,66,77)(H,67,75)(H,68,76)(H,79,80)/t33-,34-,35+,41-,42-,43-,44-,45-,46-,47-,48-/m0/s1. The highest BCUT2D eigenvalue weighted by atomic mass is 16.4. The lowest BCUT2D eigenvalue weighted by Crippen LogP contribution is -2.62. The normalized spacial score (nSPS) is 15.4. The van der Waals surface area contributed by atoms with Gasteiger partial charge in [0.25, 0.3) is 0 Å². The van der Waals surface area contributed by atoms with Crippen molar-refractivity contribution < 1.29 is 58.5 Å². The molecule has 0 bridgehead atoms. The van der Waals surface area contributed by atoms with Crippen molar-refractivity contribution in [1.82, 2.24) is 52.5 Å². The number of phenols is 1. The fourth-order valence-corrected chi connectivity index (χ4v) is 8.49. The smallest absolute Gasteiger partial charge is 0.326 e. The second-order valence-corrected chi connectivity index (χ2v) is 20.9. The van der Waals surface area contributed by atoms with E-state index in [-0.39, 0.29) is 43.8 Å². The van der Waals surface area contributed by atoms with Crippen molar-refractivity contribution >= 4 is 53.2 Å². The highest BCUT2D eigenvalue weighted by Gasteiger charge is 2.37. The fraction of sp³-hybridized carbons (Fsp3) is 0.474. The molecule has 8 amide bonds. The Kier molecular flexibility index (Phi) is 25.3. The van der Waals surface area contributed by atoms with Crippen LogP contribution in [0.15, 0.2) is 97.5 Å². The van der Waals surface area contributed by atoms with E-state index in [0.29, 0.717) is 23.2 Å². The number of aromatic amines is 1. The number of nitrogens with one attached hydrogen (secondary N) is 9. The van der Waals surface area contributed by atoms with Crippen LogP contribution >= 0.6 is 0 Å². The second kappa shape index (κ2) is 31.4. The number of carbonyl (C=O) groups is 9. The molecule has 4 rings (SSSR count). The molecule has 0 saturated heterocycles. The Balaban J connectivity index is 1.55. The second-order valence-electron chi connectivity index (χ2n) is 20.9. The average Bonchev–Trinajstić information content (AvgIpc) is 3.93. The summed E-state index contributed by atoms with van der Waals surface area (Å²) in [6, 6.07) is 11.7. The molecule has 0 spiro atoms. The van der Waals surface area contributed by atoms with Gasteiger partial charge in [-0.15, -0.1) is 0 Å². The van der Waals surface area contributed by atoms with Crippen molar-refractivity contribution in [3.05, 3.63) is 120 Å². The van der Waals surface area contributed by atoms with Crippen LogP contribution in [0.3, 0.4) is 0 Å². The van der Waals surface area contributed by atoms with Crippen molar-refractivity contribution in [2.24, 2.45) is 23.5 Å². The van der Waals surface area contributed by atoms with Crippen LogP contribution in [-0.4, -0.2) is 139 Å². The number of nitrogens with two attached hydrogens (primary N) is 1. The number of aromatic hydroxyl groups is 1. The number of rotatable bonds is 31. The van der Waals surface area contributed by atoms with Gasteiger partial charge in [-0.3, -0.25) is 38.4 Å². The van der Waals surface area contributed by atoms with Crippen LogP contribution in [0.2, 0.25) is 0 Å². The molecule has 0 radical (unpaired) electrons. The number of carboxylic acids is 1. The number of aliphatic hydroxyl groups excluding tert-OH is 1. The number of aliphatic carboxylic acids is 1. The monoisotopic (exact) mass is 1110 g/mol. The van der Waals surface area contributed by atoms with Gasteiger partial charge in [-0.2, -0.15) is 0 Å². The van der Waals surface area contributed by atoms with Crippen molar-refractivity contribution in [3.8, 4) is 5.75 Å². The van der Waals surface area contributed by atoms with E-state index in [1.807, 2.05) is 44.2 Å². The summed E-state index contributed by atoms with van der Waals surface area (Å²) >= 11 is 0. The Labute approximate surface area is 466 Å². The number of carboxylic acid groups (broad SMARTS) is 1. The van der Waals surface area contributed by atoms with Crippen molar-refractivity contribution in [2.45, 2.75) is 154 Å². The van der Waals surface area contributed by atoms with Crippen molar-refractivity contribution in [2.75, 3.05) is 0 Å². The van der Waals surface area contributed by atoms with Gasteiger partial charge in [0.2, 0.25) is 47.3 Å². The van der Waals surface area contributed by atoms with Crippen LogP contribution in [-0.2, 0) is 68.8 Å². The molecule has 23 heteroatoms. The van der Waals surface area contributed by atoms with E-state index in [4.69, 9.17) is 5.73 Å². The molecule has 0 unspecified atom stereocenters. The first-order chi connectivity index (χ1) is 37.9. The minimum absolute atomic E-state index is 0.0535. The van der Waals surface area contributed by atoms with Crippen LogP contribution in [0.1, 0.15) is 90.6 Å². The number of carbonyl (C=O) groups excluding carboxylic acids is 8. The van der Waals surface area contributed by atoms with Gasteiger partial charge in [0.05, 0.1) is 18.5 Å². The predicted octanol–water partition coefficient (Wildman–Crippen LogP) is 0.825. The number of aromatic nitrogens is 2. The maximum absolute atomic E-state index is 14.5. The summed E-state index contributed by atoms with van der Waals surface area (Å²) in [4.78, 5) is 131. The number of nitrogens with zero attached hydrogens (tertiary/aromatic N) is 1. The SMILES string of the molecule is CC[C@H](C)[C@H](NC(=O)[C@H](Cc1ccc(O)cc1)NC(=O)[C@H](C)NC(=O)[C@@H](NC(=O)[C@H](Cc1cnc[nH]1)NC(=O)[C@H](Cc1ccccc1)NC(=O)[C@H](CC(C)C)NC(=O)[C@@H](N)Cc1ccccc1)[C@@H](C)O)C(=O)N[C@H](C(=O)O)C(C)C. The molecule has 0 aliphatic heterocycles. The van der Waals surface area contributed by atoms with Crippen LogP contribution in [0.5, 0.6) is 5.75 Å². The van der Waals surface area contributed by atoms with Gasteiger partial charge < -0.3 is 68.6 Å². The van der Waals surface area contributed by atoms with Crippen LogP contribution in [0.4, 0.5) is 0 Å². The van der Waals surface area contributed by atoms with E-state index in [2.05, 4.69) is 52.5 Å². The van der Waals surface area contributed by atoms with Gasteiger partial charge in [0.1, 0.15) is 54.1 Å². The van der Waals surface area contributed by atoms with E-state index in [1.165, 1.54) is 50.6 Å². The van der Waals surface area contributed by atoms with E-state index >= 15 is 0 Å². The lowest BCUT2D eigenvalue weighted by atomic mass is 9.96. The van der Waals surface area contributed by atoms with Crippen LogP contribution in [0, 0.1) is 17.8 Å². The first-order valence-electron chi connectivity index (χ1n) is 26.8. The summed E-state index contributed by atoms with van der Waals surface area (Å²) < 4.78 is 0. The van der Waals surface area contributed by atoms with E-state index < -0.39 is 126 Å². The lowest BCUT2D eigenvalue weighted by molar-refractivity contribution is -0.144. The molecule has 0 saturated carbocycles. The maximum atomic E-state index is 14.5. The van der Waals surface area contributed by atoms with Gasteiger partial charge in [0.15, 0.2) is 0 Å². The van der Waals surface area contributed by atoms with Crippen molar-refractivity contribution in [1.29, 1.82) is 0 Å². The van der Waals surface area contributed by atoms with Gasteiger partial charge in [0, 0.05) is 31.2 Å². The molecule has 14 N–H and O–H groups in total. The van der Waals surface area contributed by atoms with Gasteiger partial charge in [-0.05, 0) is 73.3 Å². The van der Waals surface area contributed by atoms with E-state index in [0.717, 1.165) is 5.56 Å². The third-order valence-corrected chi connectivity index (χ3v) is 13.4. The zero-order valence-corrected chi connectivity index (χ0v) is 46.5. The number of hydrogen-bond acceptors (Lipinski definition) is 13. The topological polar surface area (TPSA) is 365 Å². The largest absolute Gasteiger partial charge is 0.508 e. The minimum atomic E-state index is -1.74. The van der Waals surface area contributed by atoms with Crippen LogP contribution < -0.4 is 48.3 Å². The summed E-state index contributed by atoms with van der Waals surface area (Å²) in [6.07, 6.45) is 1.52. The number of aliphatic hydroxyl groups is 1. The molecular formula is C57H79N11O12. The Bertz CT molecular complexity index is 2670. The third-order valence-electron chi connectivity index (χ3n) is 13.4. The maximum Gasteiger partial charge on any atom is 0.326 e.